The van der Waals surface area contributed by atoms with Gasteiger partial charge in [-0.3, -0.25) is 0 Å². The number of aliphatic hydroxyl groups excluding tert-OH is 1. The number of methoxy groups -OCH3 is 1. The number of rotatable bonds is 7. The van der Waals surface area contributed by atoms with Crippen LogP contribution >= 0.6 is 11.6 Å². The molecule has 1 N–H and O–H groups in total. The number of carbonyl (C=O) groups is 2. The number of halogens is 1. The molecule has 8 nitrogen and oxygen atoms in total. The Morgan fingerprint density at radius 1 is 1.21 bits per heavy atom. The van der Waals surface area contributed by atoms with Gasteiger partial charge in [-0.2, -0.15) is 0 Å². The molecule has 2 atom stereocenters. The fraction of sp³-hybridized carbons (Fsp3) is 0.440. The van der Waals surface area contributed by atoms with Crippen molar-refractivity contribution in [1.82, 2.24) is 4.90 Å². The first kappa shape index (κ1) is 25.6. The van der Waals surface area contributed by atoms with Crippen molar-refractivity contribution in [3.05, 3.63) is 58.6 Å². The van der Waals surface area contributed by atoms with E-state index in [1.165, 1.54) is 12.0 Å². The predicted molar refractivity (Wildman–Crippen MR) is 126 cm³/mol. The number of hydrogen-bond acceptors (Lipinski definition) is 7. The van der Waals surface area contributed by atoms with Crippen LogP contribution in [0.2, 0.25) is 5.02 Å². The van der Waals surface area contributed by atoms with E-state index < -0.39 is 29.9 Å². The third kappa shape index (κ3) is 7.01. The van der Waals surface area contributed by atoms with Gasteiger partial charge >= 0.3 is 12.1 Å². The van der Waals surface area contributed by atoms with E-state index in [0.29, 0.717) is 35.1 Å². The molecule has 2 aromatic rings. The molecule has 0 bridgehead atoms. The van der Waals surface area contributed by atoms with Gasteiger partial charge in [0.25, 0.3) is 0 Å². The van der Waals surface area contributed by atoms with Crippen molar-refractivity contribution in [3.63, 3.8) is 0 Å². The second kappa shape index (κ2) is 11.0. The molecular weight excluding hydrogens is 462 g/mol. The Morgan fingerprint density at radius 3 is 2.65 bits per heavy atom. The molecule has 2 aromatic carbocycles. The molecule has 34 heavy (non-hydrogen) atoms. The average Bonchev–Trinajstić information content (AvgIpc) is 2.79. The first-order chi connectivity index (χ1) is 16.1. The highest BCUT2D eigenvalue weighted by Gasteiger charge is 2.29. The number of hydrogen-bond donors (Lipinski definition) is 1. The van der Waals surface area contributed by atoms with Crippen molar-refractivity contribution in [2.24, 2.45) is 0 Å². The van der Waals surface area contributed by atoms with Crippen LogP contribution in [0.4, 0.5) is 4.79 Å². The minimum atomic E-state index is -0.929. The molecule has 0 saturated heterocycles. The second-order valence-electron chi connectivity index (χ2n) is 8.97. The fourth-order valence-electron chi connectivity index (χ4n) is 3.39. The van der Waals surface area contributed by atoms with Gasteiger partial charge in [-0.25, -0.2) is 9.59 Å². The largest absolute Gasteiger partial charge is 0.485 e. The maximum absolute atomic E-state index is 12.9. The molecule has 0 fully saturated rings. The first-order valence-electron chi connectivity index (χ1n) is 11.0. The fourth-order valence-corrected chi connectivity index (χ4v) is 3.59. The number of nitrogens with zero attached hydrogens (tertiary/aromatic N) is 1. The molecule has 0 spiro atoms. The van der Waals surface area contributed by atoms with E-state index in [4.69, 9.17) is 30.5 Å². The van der Waals surface area contributed by atoms with Crippen LogP contribution in [0.25, 0.3) is 0 Å². The van der Waals surface area contributed by atoms with Gasteiger partial charge in [0.15, 0.2) is 11.5 Å². The number of aliphatic hydroxyl groups is 1. The molecular formula is C25H30ClNO7. The minimum Gasteiger partial charge on any atom is -0.485 e. The molecule has 1 amide bonds. The van der Waals surface area contributed by atoms with Crippen LogP contribution in [0.3, 0.4) is 0 Å². The summed E-state index contributed by atoms with van der Waals surface area (Å²) in [7, 11) is 1.30. The van der Waals surface area contributed by atoms with Crippen molar-refractivity contribution in [2.75, 3.05) is 26.8 Å². The lowest BCUT2D eigenvalue weighted by Gasteiger charge is -2.29. The van der Waals surface area contributed by atoms with E-state index in [-0.39, 0.29) is 13.2 Å². The Balaban J connectivity index is 1.70. The highest BCUT2D eigenvalue weighted by atomic mass is 35.5. The Bertz CT molecular complexity index is 1020. The summed E-state index contributed by atoms with van der Waals surface area (Å²) in [6.45, 7) is 5.77. The number of esters is 1. The zero-order valence-corrected chi connectivity index (χ0v) is 20.5. The summed E-state index contributed by atoms with van der Waals surface area (Å²) < 4.78 is 21.6. The van der Waals surface area contributed by atoms with Crippen molar-refractivity contribution < 1.29 is 33.6 Å². The topological polar surface area (TPSA) is 94.5 Å². The highest BCUT2D eigenvalue weighted by Crippen LogP contribution is 2.33. The van der Waals surface area contributed by atoms with E-state index in [9.17, 15) is 14.7 Å². The lowest BCUT2D eigenvalue weighted by atomic mass is 10.1. The van der Waals surface area contributed by atoms with Crippen molar-refractivity contribution in [3.8, 4) is 11.5 Å². The number of benzene rings is 2. The van der Waals surface area contributed by atoms with Crippen LogP contribution in [-0.4, -0.2) is 60.6 Å². The molecule has 9 heteroatoms. The SMILES string of the molecule is COC(=O)C1COc2cc(CCN(C[C@H](O)c3cccc(Cl)c3)C(=O)OC(C)(C)C)ccc2O1. The quantitative estimate of drug-likeness (QED) is 0.581. The van der Waals surface area contributed by atoms with Crippen LogP contribution in [-0.2, 0) is 20.7 Å². The average molecular weight is 492 g/mol. The number of fused-ring (bicyclic) bond motifs is 1. The number of carbonyl (C=O) groups excluding carboxylic acids is 2. The van der Waals surface area contributed by atoms with Gasteiger partial charge < -0.3 is 29.0 Å². The lowest BCUT2D eigenvalue weighted by molar-refractivity contribution is -0.151. The molecule has 0 saturated carbocycles. The maximum Gasteiger partial charge on any atom is 0.410 e. The summed E-state index contributed by atoms with van der Waals surface area (Å²) in [5.74, 6) is 0.465. The Labute approximate surface area is 204 Å². The van der Waals surface area contributed by atoms with Crippen LogP contribution in [0.1, 0.15) is 38.0 Å². The summed E-state index contributed by atoms with van der Waals surface area (Å²) in [5, 5.41) is 11.2. The molecule has 3 rings (SSSR count). The van der Waals surface area contributed by atoms with Gasteiger partial charge in [0.05, 0.1) is 19.8 Å². The highest BCUT2D eigenvalue weighted by molar-refractivity contribution is 6.30. The van der Waals surface area contributed by atoms with Gasteiger partial charge in [0, 0.05) is 11.6 Å². The van der Waals surface area contributed by atoms with Crippen molar-refractivity contribution in [2.45, 2.75) is 45.0 Å². The van der Waals surface area contributed by atoms with E-state index >= 15 is 0 Å². The third-order valence-electron chi connectivity index (χ3n) is 5.08. The van der Waals surface area contributed by atoms with E-state index in [1.54, 1.807) is 51.1 Å². The standard InChI is InChI=1S/C25H30ClNO7/c1-25(2,3)34-24(30)27(14-19(28)17-6-5-7-18(26)13-17)11-10-16-8-9-20-21(12-16)32-15-22(33-20)23(29)31-4/h5-9,12-13,19,22,28H,10-11,14-15H2,1-4H3/t19-,22?/m0/s1. The summed E-state index contributed by atoms with van der Waals surface area (Å²) in [6.07, 6.45) is -1.77. The van der Waals surface area contributed by atoms with Crippen LogP contribution in [0, 0.1) is 0 Å². The van der Waals surface area contributed by atoms with Gasteiger partial charge in [-0.05, 0) is 62.6 Å². The molecule has 0 aromatic heterocycles. The molecule has 1 aliphatic rings. The first-order valence-corrected chi connectivity index (χ1v) is 11.3. The summed E-state index contributed by atoms with van der Waals surface area (Å²) in [5.41, 5.74) is 0.828. The van der Waals surface area contributed by atoms with Gasteiger partial charge in [0.2, 0.25) is 6.10 Å². The number of amides is 1. The van der Waals surface area contributed by atoms with Gasteiger partial charge in [-0.1, -0.05) is 29.8 Å². The smallest absolute Gasteiger partial charge is 0.410 e. The Hall–Kier alpha value is -2.97. The zero-order chi connectivity index (χ0) is 24.9. The van der Waals surface area contributed by atoms with Crippen LogP contribution in [0.15, 0.2) is 42.5 Å². The number of ether oxygens (including phenoxy) is 4. The Kier molecular flexibility index (Phi) is 8.28. The van der Waals surface area contributed by atoms with Gasteiger partial charge in [-0.15, -0.1) is 0 Å². The maximum atomic E-state index is 12.9. The molecule has 1 heterocycles. The predicted octanol–water partition coefficient (Wildman–Crippen LogP) is 4.17. The normalized spacial score (nSPS) is 15.9. The van der Waals surface area contributed by atoms with Crippen molar-refractivity contribution in [1.29, 1.82) is 0 Å². The lowest BCUT2D eigenvalue weighted by Crippen LogP contribution is -2.40. The van der Waals surface area contributed by atoms with E-state index in [2.05, 4.69) is 0 Å². The minimum absolute atomic E-state index is 0.0423. The Morgan fingerprint density at radius 2 is 1.97 bits per heavy atom. The summed E-state index contributed by atoms with van der Waals surface area (Å²) in [6, 6.07) is 12.3. The van der Waals surface area contributed by atoms with Gasteiger partial charge in [0.1, 0.15) is 12.2 Å². The zero-order valence-electron chi connectivity index (χ0n) is 19.7. The molecule has 184 valence electrons. The van der Waals surface area contributed by atoms with Crippen LogP contribution in [0.5, 0.6) is 11.5 Å². The molecule has 1 unspecified atom stereocenters. The molecule has 0 radical (unpaired) electrons. The van der Waals surface area contributed by atoms with Crippen molar-refractivity contribution >= 4 is 23.7 Å². The molecule has 0 aliphatic carbocycles. The molecule has 1 aliphatic heterocycles. The second-order valence-corrected chi connectivity index (χ2v) is 9.41. The third-order valence-corrected chi connectivity index (χ3v) is 5.32. The van der Waals surface area contributed by atoms with E-state index in [1.807, 2.05) is 12.1 Å². The van der Waals surface area contributed by atoms with Crippen LogP contribution < -0.4 is 9.47 Å². The summed E-state index contributed by atoms with van der Waals surface area (Å²) in [4.78, 5) is 26.0. The monoisotopic (exact) mass is 491 g/mol. The summed E-state index contributed by atoms with van der Waals surface area (Å²) >= 11 is 6.04. The van der Waals surface area contributed by atoms with E-state index in [0.717, 1.165) is 5.56 Å².